The van der Waals surface area contributed by atoms with E-state index in [4.69, 9.17) is 11.5 Å². The number of carbonyl (C=O) groups is 2. The zero-order valence-electron chi connectivity index (χ0n) is 19.0. The lowest BCUT2D eigenvalue weighted by Gasteiger charge is -2.50. The van der Waals surface area contributed by atoms with Gasteiger partial charge in [0, 0.05) is 30.7 Å². The molecule has 2 amide bonds. The van der Waals surface area contributed by atoms with E-state index in [-0.39, 0.29) is 29.1 Å². The normalized spacial score (nSPS) is 35.9. The van der Waals surface area contributed by atoms with Gasteiger partial charge in [0.1, 0.15) is 0 Å². The maximum Gasteiger partial charge on any atom is 0.229 e. The summed E-state index contributed by atoms with van der Waals surface area (Å²) in [6.07, 6.45) is 5.60. The Bertz CT molecular complexity index is 909. The largest absolute Gasteiger partial charge is 0.369 e. The van der Waals surface area contributed by atoms with Crippen molar-refractivity contribution in [1.82, 2.24) is 9.80 Å². The fourth-order valence-electron chi connectivity index (χ4n) is 8.18. The zero-order chi connectivity index (χ0) is 22.7. The fourth-order valence-corrected chi connectivity index (χ4v) is 8.45. The molecule has 3 aliphatic carbocycles. The van der Waals surface area contributed by atoms with E-state index in [1.807, 2.05) is 24.3 Å². The van der Waals surface area contributed by atoms with E-state index in [1.54, 1.807) is 0 Å². The summed E-state index contributed by atoms with van der Waals surface area (Å²) in [4.78, 5) is 31.8. The average Bonchev–Trinajstić information content (AvgIpc) is 3.43. The minimum atomic E-state index is -1.01. The first-order chi connectivity index (χ1) is 15.3. The van der Waals surface area contributed by atoms with Crippen LogP contribution >= 0.6 is 15.9 Å². The van der Waals surface area contributed by atoms with Gasteiger partial charge < -0.3 is 21.3 Å². The van der Waals surface area contributed by atoms with Crippen molar-refractivity contribution in [2.24, 2.45) is 34.1 Å². The third kappa shape index (κ3) is 2.90. The third-order valence-corrected chi connectivity index (χ3v) is 10.1. The SMILES string of the molecule is CN1CCN(CCC[C@@]2(C(N)=O)[C@@H]3CC[C@@H](C34CC4)[C@@]2(C(N)=O)c2ccc(Br)cc2)CC1. The van der Waals surface area contributed by atoms with E-state index in [1.165, 1.54) is 0 Å². The monoisotopic (exact) mass is 502 g/mol. The van der Waals surface area contributed by atoms with Crippen LogP contribution in [0.15, 0.2) is 28.7 Å². The summed E-state index contributed by atoms with van der Waals surface area (Å²) in [7, 11) is 2.16. The number of likely N-dealkylation sites (N-methyl/N-ethyl adjacent to an activating group) is 1. The van der Waals surface area contributed by atoms with Crippen molar-refractivity contribution in [3.05, 3.63) is 34.3 Å². The summed E-state index contributed by atoms with van der Waals surface area (Å²) in [5, 5.41) is 0. The van der Waals surface area contributed by atoms with Crippen LogP contribution in [0, 0.1) is 22.7 Å². The summed E-state index contributed by atoms with van der Waals surface area (Å²) in [6.45, 7) is 5.16. The average molecular weight is 503 g/mol. The molecule has 0 radical (unpaired) electrons. The number of hydrogen-bond donors (Lipinski definition) is 2. The first kappa shape index (κ1) is 22.4. The molecule has 4 fully saturated rings. The third-order valence-electron chi connectivity index (χ3n) is 9.55. The van der Waals surface area contributed by atoms with Crippen molar-refractivity contribution in [3.63, 3.8) is 0 Å². The van der Waals surface area contributed by atoms with Crippen molar-refractivity contribution in [2.75, 3.05) is 39.8 Å². The van der Waals surface area contributed by atoms with Crippen LogP contribution in [0.5, 0.6) is 0 Å². The number of benzene rings is 1. The van der Waals surface area contributed by atoms with Crippen LogP contribution in [0.4, 0.5) is 0 Å². The van der Waals surface area contributed by atoms with Crippen molar-refractivity contribution < 1.29 is 9.59 Å². The lowest BCUT2D eigenvalue weighted by atomic mass is 9.51. The van der Waals surface area contributed by atoms with E-state index in [2.05, 4.69) is 32.8 Å². The summed E-state index contributed by atoms with van der Waals surface area (Å²) in [5.74, 6) is -0.427. The highest BCUT2D eigenvalue weighted by Gasteiger charge is 2.83. The maximum atomic E-state index is 13.5. The van der Waals surface area contributed by atoms with E-state index in [0.29, 0.717) is 6.42 Å². The quantitative estimate of drug-likeness (QED) is 0.598. The van der Waals surface area contributed by atoms with Crippen molar-refractivity contribution >= 4 is 27.7 Å². The van der Waals surface area contributed by atoms with Crippen molar-refractivity contribution in [1.29, 1.82) is 0 Å². The molecule has 1 saturated heterocycles. The molecule has 7 heteroatoms. The van der Waals surface area contributed by atoms with Gasteiger partial charge in [-0.15, -0.1) is 0 Å². The number of nitrogens with two attached hydrogens (primary N) is 2. The van der Waals surface area contributed by atoms with E-state index in [0.717, 1.165) is 74.9 Å². The molecule has 1 heterocycles. The van der Waals surface area contributed by atoms with Gasteiger partial charge in [0.15, 0.2) is 0 Å². The molecule has 1 aliphatic heterocycles. The van der Waals surface area contributed by atoms with Gasteiger partial charge in [0.25, 0.3) is 0 Å². The minimum absolute atomic E-state index is 0.0605. The van der Waals surface area contributed by atoms with Gasteiger partial charge in [-0.25, -0.2) is 0 Å². The van der Waals surface area contributed by atoms with Crippen LogP contribution in [-0.2, 0) is 15.0 Å². The fraction of sp³-hybridized carbons (Fsp3) is 0.680. The van der Waals surface area contributed by atoms with Crippen molar-refractivity contribution in [2.45, 2.75) is 43.9 Å². The number of primary amides is 2. The molecule has 0 aromatic heterocycles. The van der Waals surface area contributed by atoms with Crippen LogP contribution in [0.1, 0.15) is 44.1 Å². The topological polar surface area (TPSA) is 92.7 Å². The van der Waals surface area contributed by atoms with Gasteiger partial charge in [-0.05, 0) is 87.1 Å². The molecule has 6 nitrogen and oxygen atoms in total. The lowest BCUT2D eigenvalue weighted by Crippen LogP contribution is -2.63. The first-order valence-electron chi connectivity index (χ1n) is 12.1. The molecule has 1 spiro atoms. The number of nitrogens with zero attached hydrogens (tertiary/aromatic N) is 2. The lowest BCUT2D eigenvalue weighted by molar-refractivity contribution is -0.147. The molecule has 0 unspecified atom stereocenters. The molecule has 2 bridgehead atoms. The van der Waals surface area contributed by atoms with Crippen LogP contribution in [0.3, 0.4) is 0 Å². The summed E-state index contributed by atoms with van der Waals surface area (Å²) in [5.41, 5.74) is 11.6. The van der Waals surface area contributed by atoms with Crippen LogP contribution < -0.4 is 11.5 Å². The predicted molar refractivity (Wildman–Crippen MR) is 128 cm³/mol. The second-order valence-corrected chi connectivity index (χ2v) is 11.6. The number of halogens is 1. The maximum absolute atomic E-state index is 13.5. The standard InChI is InChI=1S/C25H35BrN4O2/c1-29-13-15-30(16-14-29)12-2-9-24(21(27)31)19-7-8-20(23(19)10-11-23)25(24,22(28)32)17-3-5-18(26)6-4-17/h3-6,19-20H,2,7-16H2,1H3,(H2,27,31)(H2,28,32)/t19-,20+,24+,25-/m1/s1. The van der Waals surface area contributed by atoms with E-state index >= 15 is 0 Å². The Morgan fingerprint density at radius 2 is 1.62 bits per heavy atom. The van der Waals surface area contributed by atoms with Crippen LogP contribution in [0.25, 0.3) is 0 Å². The van der Waals surface area contributed by atoms with Gasteiger partial charge in [0.2, 0.25) is 11.8 Å². The van der Waals surface area contributed by atoms with Crippen LogP contribution in [-0.4, -0.2) is 61.4 Å². The smallest absolute Gasteiger partial charge is 0.229 e. The van der Waals surface area contributed by atoms with Gasteiger partial charge >= 0.3 is 0 Å². The highest BCUT2D eigenvalue weighted by Crippen LogP contribution is 2.82. The number of hydrogen-bond acceptors (Lipinski definition) is 4. The summed E-state index contributed by atoms with van der Waals surface area (Å²) >= 11 is 3.52. The Morgan fingerprint density at radius 3 is 2.19 bits per heavy atom. The molecular formula is C25H35BrN4O2. The molecule has 32 heavy (non-hydrogen) atoms. The van der Waals surface area contributed by atoms with Gasteiger partial charge in [-0.3, -0.25) is 9.59 Å². The Balaban J connectivity index is 1.54. The number of rotatable bonds is 7. The Morgan fingerprint density at radius 1 is 1.00 bits per heavy atom. The Labute approximate surface area is 199 Å². The second kappa shape index (κ2) is 7.81. The molecule has 174 valence electrons. The number of carbonyl (C=O) groups excluding carboxylic acids is 2. The summed E-state index contributed by atoms with van der Waals surface area (Å²) < 4.78 is 0.949. The van der Waals surface area contributed by atoms with Crippen molar-refractivity contribution in [3.8, 4) is 0 Å². The van der Waals surface area contributed by atoms with E-state index in [9.17, 15) is 9.59 Å². The number of piperazine rings is 1. The van der Waals surface area contributed by atoms with E-state index < -0.39 is 10.8 Å². The predicted octanol–water partition coefficient (Wildman–Crippen LogP) is 2.49. The molecule has 1 aromatic carbocycles. The molecular weight excluding hydrogens is 468 g/mol. The molecule has 4 atom stereocenters. The highest BCUT2D eigenvalue weighted by atomic mass is 79.9. The number of amides is 2. The highest BCUT2D eigenvalue weighted by molar-refractivity contribution is 9.10. The second-order valence-electron chi connectivity index (χ2n) is 10.7. The molecule has 3 saturated carbocycles. The summed E-state index contributed by atoms with van der Waals surface area (Å²) in [6, 6.07) is 7.90. The molecule has 4 aliphatic rings. The molecule has 4 N–H and O–H groups in total. The zero-order valence-corrected chi connectivity index (χ0v) is 20.6. The van der Waals surface area contributed by atoms with Crippen LogP contribution in [0.2, 0.25) is 0 Å². The first-order valence-corrected chi connectivity index (χ1v) is 12.8. The van der Waals surface area contributed by atoms with Gasteiger partial charge in [-0.1, -0.05) is 28.1 Å². The Kier molecular flexibility index (Phi) is 5.46. The Hall–Kier alpha value is -1.44. The van der Waals surface area contributed by atoms with Gasteiger partial charge in [-0.2, -0.15) is 0 Å². The molecule has 1 aromatic rings. The molecule has 5 rings (SSSR count). The minimum Gasteiger partial charge on any atom is -0.369 e. The van der Waals surface area contributed by atoms with Gasteiger partial charge in [0.05, 0.1) is 10.8 Å².